The zero-order chi connectivity index (χ0) is 16.5. The third kappa shape index (κ3) is 4.13. The van der Waals surface area contributed by atoms with Crippen molar-refractivity contribution in [3.8, 4) is 0 Å². The molecule has 120 valence electrons. The van der Waals surface area contributed by atoms with Crippen molar-refractivity contribution in [3.63, 3.8) is 0 Å². The number of amides is 1. The number of carboxylic acid groups (broad SMARTS) is 1. The van der Waals surface area contributed by atoms with Gasteiger partial charge in [-0.1, -0.05) is 11.6 Å². The molecule has 2 N–H and O–H groups in total. The lowest BCUT2D eigenvalue weighted by atomic mass is 9.92. The van der Waals surface area contributed by atoms with E-state index in [1.807, 2.05) is 0 Å². The normalized spacial score (nSPS) is 16.0. The summed E-state index contributed by atoms with van der Waals surface area (Å²) >= 11 is 6.21. The number of aliphatic carboxylic acids is 1. The standard InChI is InChI=1S/C16H20ClNO4/c1-15(2,3)22-14(21)18-10-4-5-12(17)11(8-10)16(6-7-16)9-13(19)20/h4-5,8H,6-7,9H2,1-3H3,(H,18,21)(H,19,20). The van der Waals surface area contributed by atoms with E-state index in [-0.39, 0.29) is 6.42 Å². The summed E-state index contributed by atoms with van der Waals surface area (Å²) in [4.78, 5) is 22.8. The summed E-state index contributed by atoms with van der Waals surface area (Å²) in [6.07, 6.45) is 1.07. The molecule has 0 radical (unpaired) electrons. The smallest absolute Gasteiger partial charge is 0.412 e. The maximum absolute atomic E-state index is 11.8. The Morgan fingerprint density at radius 3 is 2.50 bits per heavy atom. The van der Waals surface area contributed by atoms with Crippen LogP contribution in [-0.4, -0.2) is 22.8 Å². The van der Waals surface area contributed by atoms with Crippen molar-refractivity contribution < 1.29 is 19.4 Å². The highest BCUT2D eigenvalue weighted by Gasteiger charge is 2.47. The Morgan fingerprint density at radius 1 is 1.36 bits per heavy atom. The van der Waals surface area contributed by atoms with Crippen molar-refractivity contribution in [3.05, 3.63) is 28.8 Å². The molecule has 1 saturated carbocycles. The Hall–Kier alpha value is -1.75. The Balaban J connectivity index is 2.17. The second-order valence-electron chi connectivity index (χ2n) is 6.67. The second kappa shape index (κ2) is 5.80. The van der Waals surface area contributed by atoms with Crippen molar-refractivity contribution in [2.45, 2.75) is 51.0 Å². The fourth-order valence-electron chi connectivity index (χ4n) is 2.41. The highest BCUT2D eigenvalue weighted by molar-refractivity contribution is 6.31. The molecule has 1 aliphatic carbocycles. The van der Waals surface area contributed by atoms with Gasteiger partial charge in [0, 0.05) is 16.1 Å². The number of benzene rings is 1. The highest BCUT2D eigenvalue weighted by Crippen LogP contribution is 2.53. The Labute approximate surface area is 134 Å². The third-order valence-electron chi connectivity index (χ3n) is 3.53. The first-order valence-electron chi connectivity index (χ1n) is 7.13. The van der Waals surface area contributed by atoms with Gasteiger partial charge in [-0.05, 0) is 57.4 Å². The van der Waals surface area contributed by atoms with Gasteiger partial charge in [-0.2, -0.15) is 0 Å². The molecule has 0 saturated heterocycles. The van der Waals surface area contributed by atoms with Crippen LogP contribution in [0, 0.1) is 0 Å². The third-order valence-corrected chi connectivity index (χ3v) is 3.86. The van der Waals surface area contributed by atoms with Gasteiger partial charge in [-0.15, -0.1) is 0 Å². The first-order chi connectivity index (χ1) is 10.1. The SMILES string of the molecule is CC(C)(C)OC(=O)Nc1ccc(Cl)c(C2(CC(=O)O)CC2)c1. The number of anilines is 1. The van der Waals surface area contributed by atoms with Crippen LogP contribution in [-0.2, 0) is 14.9 Å². The van der Waals surface area contributed by atoms with Gasteiger partial charge in [0.25, 0.3) is 0 Å². The molecule has 0 atom stereocenters. The minimum absolute atomic E-state index is 0.0443. The van der Waals surface area contributed by atoms with Crippen LogP contribution in [0.3, 0.4) is 0 Å². The molecule has 0 bridgehead atoms. The molecule has 1 aromatic rings. The average molecular weight is 326 g/mol. The first kappa shape index (κ1) is 16.6. The van der Waals surface area contributed by atoms with Crippen LogP contribution < -0.4 is 5.32 Å². The molecular weight excluding hydrogens is 306 g/mol. The van der Waals surface area contributed by atoms with Crippen LogP contribution in [0.1, 0.15) is 45.6 Å². The highest BCUT2D eigenvalue weighted by atomic mass is 35.5. The number of hydrogen-bond donors (Lipinski definition) is 2. The average Bonchev–Trinajstić information content (AvgIpc) is 3.09. The van der Waals surface area contributed by atoms with Crippen LogP contribution in [0.25, 0.3) is 0 Å². The van der Waals surface area contributed by atoms with Crippen LogP contribution in [0.2, 0.25) is 5.02 Å². The number of carbonyl (C=O) groups excluding carboxylic acids is 1. The molecule has 0 heterocycles. The fourth-order valence-corrected chi connectivity index (χ4v) is 2.73. The number of hydrogen-bond acceptors (Lipinski definition) is 3. The molecule has 2 rings (SSSR count). The topological polar surface area (TPSA) is 75.6 Å². The van der Waals surface area contributed by atoms with Gasteiger partial charge in [-0.3, -0.25) is 10.1 Å². The molecule has 0 aliphatic heterocycles. The Morgan fingerprint density at radius 2 is 2.00 bits per heavy atom. The van der Waals surface area contributed by atoms with Crippen molar-refractivity contribution in [2.75, 3.05) is 5.32 Å². The molecule has 0 aromatic heterocycles. The van der Waals surface area contributed by atoms with Crippen molar-refractivity contribution >= 4 is 29.4 Å². The molecule has 1 aromatic carbocycles. The minimum Gasteiger partial charge on any atom is -0.481 e. The van der Waals surface area contributed by atoms with Crippen LogP contribution in [0.4, 0.5) is 10.5 Å². The summed E-state index contributed by atoms with van der Waals surface area (Å²) in [5.41, 5.74) is 0.324. The summed E-state index contributed by atoms with van der Waals surface area (Å²) in [7, 11) is 0. The summed E-state index contributed by atoms with van der Waals surface area (Å²) < 4.78 is 5.20. The van der Waals surface area contributed by atoms with E-state index in [1.165, 1.54) is 0 Å². The number of nitrogens with one attached hydrogen (secondary N) is 1. The molecule has 1 amide bonds. The summed E-state index contributed by atoms with van der Waals surface area (Å²) in [5.74, 6) is -0.848. The molecule has 1 aliphatic rings. The maximum atomic E-state index is 11.8. The zero-order valence-corrected chi connectivity index (χ0v) is 13.7. The van der Waals surface area contributed by atoms with Crippen molar-refractivity contribution in [2.24, 2.45) is 0 Å². The molecule has 0 unspecified atom stereocenters. The van der Waals surface area contributed by atoms with E-state index in [1.54, 1.807) is 39.0 Å². The molecule has 22 heavy (non-hydrogen) atoms. The van der Waals surface area contributed by atoms with Gasteiger partial charge in [0.05, 0.1) is 6.42 Å². The number of halogens is 1. The molecular formula is C16H20ClNO4. The minimum atomic E-state index is -0.848. The van der Waals surface area contributed by atoms with Gasteiger partial charge in [0.15, 0.2) is 0 Å². The van der Waals surface area contributed by atoms with Gasteiger partial charge in [0.1, 0.15) is 5.60 Å². The number of carboxylic acids is 1. The Bertz CT molecular complexity index is 603. The maximum Gasteiger partial charge on any atom is 0.412 e. The lowest BCUT2D eigenvalue weighted by Gasteiger charge is -2.20. The van der Waals surface area contributed by atoms with Gasteiger partial charge >= 0.3 is 12.1 Å². The number of ether oxygens (including phenoxy) is 1. The van der Waals surface area contributed by atoms with E-state index >= 15 is 0 Å². The van der Waals surface area contributed by atoms with E-state index < -0.39 is 23.1 Å². The first-order valence-corrected chi connectivity index (χ1v) is 7.51. The van der Waals surface area contributed by atoms with Gasteiger partial charge < -0.3 is 9.84 Å². The predicted molar refractivity (Wildman–Crippen MR) is 84.5 cm³/mol. The van der Waals surface area contributed by atoms with E-state index in [2.05, 4.69) is 5.32 Å². The largest absolute Gasteiger partial charge is 0.481 e. The summed E-state index contributed by atoms with van der Waals surface area (Å²) in [6.45, 7) is 5.35. The molecule has 0 spiro atoms. The lowest BCUT2D eigenvalue weighted by Crippen LogP contribution is -2.27. The van der Waals surface area contributed by atoms with Crippen molar-refractivity contribution in [1.82, 2.24) is 0 Å². The molecule has 1 fully saturated rings. The van der Waals surface area contributed by atoms with Crippen LogP contribution >= 0.6 is 11.6 Å². The summed E-state index contributed by atoms with van der Waals surface area (Å²) in [6, 6.07) is 5.08. The van der Waals surface area contributed by atoms with E-state index in [4.69, 9.17) is 21.4 Å². The molecule has 6 heteroatoms. The summed E-state index contributed by atoms with van der Waals surface area (Å²) in [5, 5.41) is 12.2. The fraction of sp³-hybridized carbons (Fsp3) is 0.500. The second-order valence-corrected chi connectivity index (χ2v) is 7.08. The number of carbonyl (C=O) groups is 2. The van der Waals surface area contributed by atoms with Crippen molar-refractivity contribution in [1.29, 1.82) is 0 Å². The number of rotatable bonds is 4. The zero-order valence-electron chi connectivity index (χ0n) is 12.9. The predicted octanol–water partition coefficient (Wildman–Crippen LogP) is 4.19. The van der Waals surface area contributed by atoms with E-state index in [0.29, 0.717) is 10.7 Å². The van der Waals surface area contributed by atoms with E-state index in [0.717, 1.165) is 18.4 Å². The van der Waals surface area contributed by atoms with Gasteiger partial charge in [0.2, 0.25) is 0 Å². The monoisotopic (exact) mass is 325 g/mol. The van der Waals surface area contributed by atoms with E-state index in [9.17, 15) is 9.59 Å². The van der Waals surface area contributed by atoms with Crippen LogP contribution in [0.5, 0.6) is 0 Å². The molecule has 5 nitrogen and oxygen atoms in total. The quantitative estimate of drug-likeness (QED) is 0.870. The lowest BCUT2D eigenvalue weighted by molar-refractivity contribution is -0.137. The Kier molecular flexibility index (Phi) is 4.38. The van der Waals surface area contributed by atoms with Gasteiger partial charge in [-0.25, -0.2) is 4.79 Å². The van der Waals surface area contributed by atoms with Crippen LogP contribution in [0.15, 0.2) is 18.2 Å².